The third-order valence-corrected chi connectivity index (χ3v) is 6.53. The first kappa shape index (κ1) is 30.2. The van der Waals surface area contributed by atoms with E-state index < -0.39 is 66.1 Å². The van der Waals surface area contributed by atoms with Crippen molar-refractivity contribution in [1.82, 2.24) is 20.9 Å². The molecule has 12 nitrogen and oxygen atoms in total. The Bertz CT molecular complexity index is 1360. The largest absolute Gasteiger partial charge is 0.481 e. The van der Waals surface area contributed by atoms with Crippen molar-refractivity contribution in [3.05, 3.63) is 71.9 Å². The molecule has 0 fully saturated rings. The first-order chi connectivity index (χ1) is 19.1. The Balaban J connectivity index is 1.80. The van der Waals surface area contributed by atoms with E-state index in [4.69, 9.17) is 0 Å². The predicted octanol–water partition coefficient (Wildman–Crippen LogP) is 0.258. The minimum atomic E-state index is -1.63. The highest BCUT2D eigenvalue weighted by Crippen LogP contribution is 2.19. The maximum atomic E-state index is 13.2. The van der Waals surface area contributed by atoms with Crippen molar-refractivity contribution < 1.29 is 39.3 Å². The summed E-state index contributed by atoms with van der Waals surface area (Å²) in [6.07, 6.45) is 0.972. The maximum Gasteiger partial charge on any atom is 0.328 e. The van der Waals surface area contributed by atoms with E-state index in [2.05, 4.69) is 33.6 Å². The third kappa shape index (κ3) is 8.32. The number of benzene rings is 2. The van der Waals surface area contributed by atoms with E-state index in [9.17, 15) is 39.3 Å². The normalized spacial score (nSPS) is 13.9. The molecular weight excluding hydrogens is 540 g/mol. The van der Waals surface area contributed by atoms with Crippen molar-refractivity contribution in [1.29, 1.82) is 0 Å². The topological polar surface area (TPSA) is 198 Å². The molecule has 0 aliphatic rings. The fourth-order valence-electron chi connectivity index (χ4n) is 4.04. The second-order valence-electron chi connectivity index (χ2n) is 9.07. The van der Waals surface area contributed by atoms with Crippen molar-refractivity contribution in [2.75, 3.05) is 6.61 Å². The fourth-order valence-corrected chi connectivity index (χ4v) is 4.33. The minimum Gasteiger partial charge on any atom is -0.481 e. The minimum absolute atomic E-state index is 0.101. The monoisotopic (exact) mass is 570 g/mol. The van der Waals surface area contributed by atoms with E-state index in [0.717, 1.165) is 16.5 Å². The van der Waals surface area contributed by atoms with Gasteiger partial charge in [0.1, 0.15) is 18.1 Å². The van der Waals surface area contributed by atoms with E-state index in [1.807, 2.05) is 6.07 Å². The molecule has 212 valence electrons. The average molecular weight is 571 g/mol. The molecule has 0 spiro atoms. The highest BCUT2D eigenvalue weighted by molar-refractivity contribution is 7.81. The number of rotatable bonds is 14. The van der Waals surface area contributed by atoms with Crippen LogP contribution in [0.15, 0.2) is 60.8 Å². The van der Waals surface area contributed by atoms with Crippen LogP contribution in [0.5, 0.6) is 0 Å². The van der Waals surface area contributed by atoms with Crippen molar-refractivity contribution in [2.45, 2.75) is 42.6 Å². The molecule has 1 unspecified atom stereocenters. The molecule has 40 heavy (non-hydrogen) atoms. The molecule has 3 aromatic rings. The van der Waals surface area contributed by atoms with Crippen molar-refractivity contribution in [3.63, 3.8) is 0 Å². The van der Waals surface area contributed by atoms with Gasteiger partial charge in [0, 0.05) is 23.5 Å². The van der Waals surface area contributed by atoms with Crippen molar-refractivity contribution in [2.24, 2.45) is 0 Å². The summed E-state index contributed by atoms with van der Waals surface area (Å²) in [4.78, 5) is 65.0. The molecule has 0 saturated carbocycles. The summed E-state index contributed by atoms with van der Waals surface area (Å²) in [7, 11) is 0. The number of aromatic nitrogens is 1. The van der Waals surface area contributed by atoms with Gasteiger partial charge in [0.25, 0.3) is 0 Å². The van der Waals surface area contributed by atoms with Crippen LogP contribution in [-0.4, -0.2) is 79.9 Å². The summed E-state index contributed by atoms with van der Waals surface area (Å²) in [5.74, 6) is -5.42. The van der Waals surface area contributed by atoms with Gasteiger partial charge in [0.15, 0.2) is 0 Å². The Kier molecular flexibility index (Phi) is 10.7. The smallest absolute Gasteiger partial charge is 0.328 e. The molecule has 7 N–H and O–H groups in total. The molecular formula is C27H30N4O8S. The lowest BCUT2D eigenvalue weighted by molar-refractivity contribution is -0.144. The Hall–Kier alpha value is -4.36. The lowest BCUT2D eigenvalue weighted by atomic mass is 10.0. The number of amides is 3. The number of fused-ring (bicyclic) bond motifs is 1. The molecule has 2 aromatic carbocycles. The average Bonchev–Trinajstić information content (AvgIpc) is 3.33. The molecule has 3 rings (SSSR count). The number of carbonyl (C=O) groups excluding carboxylic acids is 3. The van der Waals surface area contributed by atoms with Gasteiger partial charge in [-0.25, -0.2) is 4.79 Å². The maximum absolute atomic E-state index is 13.2. The molecule has 0 bridgehead atoms. The standard InChI is InChI=1S/C27H30N4O8S/c32-14-21(27(38)39)31-24(35)19(11-16-13-28-18-9-5-4-8-17(16)18)29-25(36)20(12-23(33)34)30-26(37)22(40)10-15-6-2-1-3-7-15/h1-9,13,19-22,28,32,40H,10-12,14H2,(H,29,36)(H,30,37)(H,31,35)(H,33,34)(H,38,39)/t19-,20?,21-,22-/m0/s1. The molecule has 3 amide bonds. The number of carboxylic acid groups (broad SMARTS) is 2. The number of carboxylic acids is 2. The zero-order valence-electron chi connectivity index (χ0n) is 21.2. The lowest BCUT2D eigenvalue weighted by Gasteiger charge is -2.24. The van der Waals surface area contributed by atoms with Crippen LogP contribution < -0.4 is 16.0 Å². The fraction of sp³-hybridized carbons (Fsp3) is 0.296. The van der Waals surface area contributed by atoms with Crippen LogP contribution in [-0.2, 0) is 36.8 Å². The molecule has 13 heteroatoms. The molecule has 4 atom stereocenters. The molecule has 0 aliphatic heterocycles. The molecule has 0 saturated heterocycles. The molecule has 0 radical (unpaired) electrons. The van der Waals surface area contributed by atoms with Crippen LogP contribution in [0, 0.1) is 0 Å². The summed E-state index contributed by atoms with van der Waals surface area (Å²) in [6.45, 7) is -0.892. The number of aliphatic carboxylic acids is 2. The van der Waals surface area contributed by atoms with Crippen LogP contribution in [0.4, 0.5) is 0 Å². The predicted molar refractivity (Wildman–Crippen MR) is 148 cm³/mol. The Labute approximate surface area is 234 Å². The van der Waals surface area contributed by atoms with Gasteiger partial charge in [-0.15, -0.1) is 0 Å². The van der Waals surface area contributed by atoms with Gasteiger partial charge < -0.3 is 36.3 Å². The number of hydrogen-bond donors (Lipinski definition) is 8. The van der Waals surface area contributed by atoms with Gasteiger partial charge >= 0.3 is 11.9 Å². The van der Waals surface area contributed by atoms with E-state index in [1.54, 1.807) is 54.7 Å². The summed E-state index contributed by atoms with van der Waals surface area (Å²) < 4.78 is 0. The zero-order chi connectivity index (χ0) is 29.2. The number of thiol groups is 1. The number of aliphatic hydroxyl groups is 1. The van der Waals surface area contributed by atoms with Crippen LogP contribution in [0.3, 0.4) is 0 Å². The highest BCUT2D eigenvalue weighted by atomic mass is 32.1. The number of aliphatic hydroxyl groups excluding tert-OH is 1. The van der Waals surface area contributed by atoms with Gasteiger partial charge in [-0.05, 0) is 23.6 Å². The van der Waals surface area contributed by atoms with Gasteiger partial charge in [-0.3, -0.25) is 19.2 Å². The first-order valence-corrected chi connectivity index (χ1v) is 12.8. The third-order valence-electron chi connectivity index (χ3n) is 6.12. The Morgan fingerprint density at radius 3 is 2.02 bits per heavy atom. The summed E-state index contributed by atoms with van der Waals surface area (Å²) in [5, 5.41) is 34.8. The van der Waals surface area contributed by atoms with E-state index >= 15 is 0 Å². The van der Waals surface area contributed by atoms with Crippen LogP contribution >= 0.6 is 12.6 Å². The van der Waals surface area contributed by atoms with E-state index in [0.29, 0.717) is 5.56 Å². The molecule has 1 heterocycles. The van der Waals surface area contributed by atoms with E-state index in [-0.39, 0.29) is 12.8 Å². The van der Waals surface area contributed by atoms with Crippen molar-refractivity contribution >= 4 is 53.2 Å². The summed E-state index contributed by atoms with van der Waals surface area (Å²) >= 11 is 4.30. The number of H-pyrrole nitrogens is 1. The Morgan fingerprint density at radius 2 is 1.38 bits per heavy atom. The van der Waals surface area contributed by atoms with Gasteiger partial charge in [0.2, 0.25) is 17.7 Å². The SMILES string of the molecule is O=C(O)CC(NC(=O)[C@@H](S)Cc1ccccc1)C(=O)N[C@@H](Cc1c[nH]c2ccccc12)C(=O)N[C@@H](CO)C(=O)O. The zero-order valence-corrected chi connectivity index (χ0v) is 22.1. The second kappa shape index (κ2) is 14.1. The first-order valence-electron chi connectivity index (χ1n) is 12.3. The summed E-state index contributed by atoms with van der Waals surface area (Å²) in [6, 6.07) is 11.6. The number of nitrogens with one attached hydrogen (secondary N) is 4. The van der Waals surface area contributed by atoms with Gasteiger partial charge in [-0.2, -0.15) is 12.6 Å². The Morgan fingerprint density at radius 1 is 0.775 bits per heavy atom. The number of aromatic amines is 1. The van der Waals surface area contributed by atoms with Crippen LogP contribution in [0.2, 0.25) is 0 Å². The highest BCUT2D eigenvalue weighted by Gasteiger charge is 2.32. The van der Waals surface area contributed by atoms with Crippen molar-refractivity contribution in [3.8, 4) is 0 Å². The lowest BCUT2D eigenvalue weighted by Crippen LogP contribution is -2.57. The quantitative estimate of drug-likeness (QED) is 0.126. The molecule has 0 aliphatic carbocycles. The number of hydrogen-bond acceptors (Lipinski definition) is 7. The number of para-hydroxylation sites is 1. The van der Waals surface area contributed by atoms with Gasteiger partial charge in [0.05, 0.1) is 18.3 Å². The summed E-state index contributed by atoms with van der Waals surface area (Å²) in [5.41, 5.74) is 2.18. The van der Waals surface area contributed by atoms with E-state index in [1.165, 1.54) is 0 Å². The second-order valence-corrected chi connectivity index (χ2v) is 9.69. The molecule has 1 aromatic heterocycles. The number of carbonyl (C=O) groups is 5. The van der Waals surface area contributed by atoms with Gasteiger partial charge in [-0.1, -0.05) is 48.5 Å². The van der Waals surface area contributed by atoms with Crippen LogP contribution in [0.25, 0.3) is 10.9 Å². The van der Waals surface area contributed by atoms with Crippen LogP contribution in [0.1, 0.15) is 17.5 Å².